The van der Waals surface area contributed by atoms with E-state index >= 15 is 0 Å². The number of hydrogen-bond donors (Lipinski definition) is 2. The highest BCUT2D eigenvalue weighted by Crippen LogP contribution is 2.18. The number of hydrogen-bond acceptors (Lipinski definition) is 4. The molecule has 1 aromatic carbocycles. The van der Waals surface area contributed by atoms with Gasteiger partial charge >= 0.3 is 0 Å². The van der Waals surface area contributed by atoms with Crippen molar-refractivity contribution >= 4 is 5.96 Å². The lowest BCUT2D eigenvalue weighted by molar-refractivity contribution is -0.00834. The summed E-state index contributed by atoms with van der Waals surface area (Å²) in [6, 6.07) is 14.4. The Morgan fingerprint density at radius 2 is 1.96 bits per heavy atom. The van der Waals surface area contributed by atoms with Crippen LogP contribution in [0.15, 0.2) is 53.7 Å². The van der Waals surface area contributed by atoms with Gasteiger partial charge in [0.1, 0.15) is 0 Å². The number of guanidine groups is 1. The van der Waals surface area contributed by atoms with Gasteiger partial charge < -0.3 is 15.4 Å². The summed E-state index contributed by atoms with van der Waals surface area (Å²) in [4.78, 5) is 11.3. The van der Waals surface area contributed by atoms with Gasteiger partial charge in [0.25, 0.3) is 0 Å². The summed E-state index contributed by atoms with van der Waals surface area (Å²) >= 11 is 0. The highest BCUT2D eigenvalue weighted by Gasteiger charge is 2.28. The van der Waals surface area contributed by atoms with Crippen LogP contribution in [0.4, 0.5) is 0 Å². The zero-order valence-electron chi connectivity index (χ0n) is 17.1. The Hall–Kier alpha value is -2.44. The van der Waals surface area contributed by atoms with E-state index in [0.29, 0.717) is 6.54 Å². The van der Waals surface area contributed by atoms with Crippen molar-refractivity contribution in [3.63, 3.8) is 0 Å². The van der Waals surface area contributed by atoms with E-state index in [4.69, 9.17) is 4.74 Å². The van der Waals surface area contributed by atoms with E-state index in [0.717, 1.165) is 50.1 Å². The fourth-order valence-electron chi connectivity index (χ4n) is 3.36. The molecule has 1 fully saturated rings. The predicted molar refractivity (Wildman–Crippen MR) is 114 cm³/mol. The second kappa shape index (κ2) is 9.66. The molecule has 150 valence electrons. The molecule has 1 aliphatic rings. The van der Waals surface area contributed by atoms with Gasteiger partial charge in [-0.3, -0.25) is 14.9 Å². The van der Waals surface area contributed by atoms with Crippen molar-refractivity contribution in [2.45, 2.75) is 25.9 Å². The number of rotatable bonds is 6. The maximum Gasteiger partial charge on any atom is 0.191 e. The molecule has 2 N–H and O–H groups in total. The van der Waals surface area contributed by atoms with Crippen molar-refractivity contribution in [2.24, 2.45) is 4.99 Å². The van der Waals surface area contributed by atoms with Crippen LogP contribution in [0.5, 0.6) is 0 Å². The van der Waals surface area contributed by atoms with E-state index in [9.17, 15) is 0 Å². The van der Waals surface area contributed by atoms with Crippen molar-refractivity contribution in [1.82, 2.24) is 20.5 Å². The van der Waals surface area contributed by atoms with Gasteiger partial charge in [0, 0.05) is 50.5 Å². The van der Waals surface area contributed by atoms with E-state index in [1.807, 2.05) is 24.4 Å². The molecule has 1 saturated heterocycles. The SMILES string of the molecule is CN=C(NCc1cccc(-c2ccccn2)c1)NCC(C)(C)N1CCOCC1. The molecule has 28 heavy (non-hydrogen) atoms. The van der Waals surface area contributed by atoms with Gasteiger partial charge in [-0.15, -0.1) is 0 Å². The molecule has 0 saturated carbocycles. The van der Waals surface area contributed by atoms with Gasteiger partial charge in [0.05, 0.1) is 18.9 Å². The first kappa shape index (κ1) is 20.3. The van der Waals surface area contributed by atoms with Gasteiger partial charge in [-0.2, -0.15) is 0 Å². The first-order chi connectivity index (χ1) is 13.6. The highest BCUT2D eigenvalue weighted by atomic mass is 16.5. The molecule has 0 atom stereocenters. The smallest absolute Gasteiger partial charge is 0.191 e. The van der Waals surface area contributed by atoms with Crippen molar-refractivity contribution < 1.29 is 4.74 Å². The fourth-order valence-corrected chi connectivity index (χ4v) is 3.36. The normalized spacial score (nSPS) is 16.0. The van der Waals surface area contributed by atoms with E-state index < -0.39 is 0 Å². The number of benzene rings is 1. The van der Waals surface area contributed by atoms with Crippen molar-refractivity contribution in [3.05, 3.63) is 54.2 Å². The number of nitrogens with zero attached hydrogens (tertiary/aromatic N) is 3. The van der Waals surface area contributed by atoms with Gasteiger partial charge in [0.2, 0.25) is 0 Å². The second-order valence-corrected chi connectivity index (χ2v) is 7.61. The predicted octanol–water partition coefficient (Wildman–Crippen LogP) is 2.52. The number of morpholine rings is 1. The van der Waals surface area contributed by atoms with Crippen LogP contribution in [-0.4, -0.2) is 61.3 Å². The summed E-state index contributed by atoms with van der Waals surface area (Å²) in [5, 5.41) is 6.88. The Balaban J connectivity index is 1.54. The lowest BCUT2D eigenvalue weighted by atomic mass is 10.0. The third-order valence-corrected chi connectivity index (χ3v) is 5.13. The molecular weight excluding hydrogens is 350 g/mol. The number of aromatic nitrogens is 1. The lowest BCUT2D eigenvalue weighted by Crippen LogP contribution is -2.56. The van der Waals surface area contributed by atoms with Gasteiger partial charge in [-0.1, -0.05) is 24.3 Å². The number of ether oxygens (including phenoxy) is 1. The van der Waals surface area contributed by atoms with Gasteiger partial charge in [-0.05, 0) is 37.6 Å². The van der Waals surface area contributed by atoms with Crippen molar-refractivity contribution in [3.8, 4) is 11.3 Å². The van der Waals surface area contributed by atoms with Crippen LogP contribution in [0.25, 0.3) is 11.3 Å². The summed E-state index contributed by atoms with van der Waals surface area (Å²) in [6.45, 7) is 9.61. The van der Waals surface area contributed by atoms with E-state index in [1.165, 1.54) is 5.56 Å². The first-order valence-corrected chi connectivity index (χ1v) is 9.86. The summed E-state index contributed by atoms with van der Waals surface area (Å²) in [5.74, 6) is 0.810. The molecule has 2 heterocycles. The Morgan fingerprint density at radius 1 is 1.14 bits per heavy atom. The minimum Gasteiger partial charge on any atom is -0.379 e. The third kappa shape index (κ3) is 5.53. The van der Waals surface area contributed by atoms with Crippen LogP contribution < -0.4 is 10.6 Å². The summed E-state index contributed by atoms with van der Waals surface area (Å²) in [7, 11) is 1.81. The third-order valence-electron chi connectivity index (χ3n) is 5.13. The zero-order valence-corrected chi connectivity index (χ0v) is 17.1. The molecule has 0 unspecified atom stereocenters. The Labute approximate surface area is 168 Å². The average molecular weight is 382 g/mol. The molecule has 0 radical (unpaired) electrons. The minimum absolute atomic E-state index is 0.0420. The summed E-state index contributed by atoms with van der Waals surface area (Å²) in [5.41, 5.74) is 3.34. The zero-order chi connectivity index (χ0) is 19.8. The topological polar surface area (TPSA) is 61.8 Å². The largest absolute Gasteiger partial charge is 0.379 e. The molecular formula is C22H31N5O. The maximum atomic E-state index is 5.47. The van der Waals surface area contributed by atoms with Crippen LogP contribution in [0.2, 0.25) is 0 Å². The molecule has 0 bridgehead atoms. The lowest BCUT2D eigenvalue weighted by Gasteiger charge is -2.41. The van der Waals surface area contributed by atoms with E-state index in [2.05, 4.69) is 63.6 Å². The number of nitrogens with one attached hydrogen (secondary N) is 2. The van der Waals surface area contributed by atoms with Gasteiger partial charge in [0.15, 0.2) is 5.96 Å². The molecule has 6 nitrogen and oxygen atoms in total. The maximum absolute atomic E-state index is 5.47. The van der Waals surface area contributed by atoms with E-state index in [1.54, 1.807) is 7.05 Å². The molecule has 1 aromatic heterocycles. The molecule has 0 aliphatic carbocycles. The van der Waals surface area contributed by atoms with Crippen LogP contribution in [0, 0.1) is 0 Å². The van der Waals surface area contributed by atoms with E-state index in [-0.39, 0.29) is 5.54 Å². The second-order valence-electron chi connectivity index (χ2n) is 7.61. The average Bonchev–Trinajstić information content (AvgIpc) is 2.75. The Kier molecular flexibility index (Phi) is 7.01. The monoisotopic (exact) mass is 381 g/mol. The van der Waals surface area contributed by atoms with Crippen molar-refractivity contribution in [2.75, 3.05) is 39.9 Å². The Bertz CT molecular complexity index is 770. The minimum atomic E-state index is 0.0420. The molecule has 2 aromatic rings. The number of aliphatic imine (C=N–C) groups is 1. The fraction of sp³-hybridized carbons (Fsp3) is 0.455. The Morgan fingerprint density at radius 3 is 2.68 bits per heavy atom. The van der Waals surface area contributed by atoms with Crippen LogP contribution in [-0.2, 0) is 11.3 Å². The quantitative estimate of drug-likeness (QED) is 0.595. The molecule has 6 heteroatoms. The highest BCUT2D eigenvalue weighted by molar-refractivity contribution is 5.79. The first-order valence-electron chi connectivity index (χ1n) is 9.86. The van der Waals surface area contributed by atoms with Crippen LogP contribution >= 0.6 is 0 Å². The van der Waals surface area contributed by atoms with Crippen LogP contribution in [0.1, 0.15) is 19.4 Å². The molecule has 0 spiro atoms. The standard InChI is InChI=1S/C22H31N5O/c1-22(2,27-11-13-28-14-12-27)17-26-21(23-3)25-16-18-7-6-8-19(15-18)20-9-4-5-10-24-20/h4-10,15H,11-14,16-17H2,1-3H3,(H2,23,25,26). The molecule has 1 aliphatic heterocycles. The summed E-state index contributed by atoms with van der Waals surface area (Å²) < 4.78 is 5.47. The van der Waals surface area contributed by atoms with Crippen molar-refractivity contribution in [1.29, 1.82) is 0 Å². The molecule has 3 rings (SSSR count). The van der Waals surface area contributed by atoms with Gasteiger partial charge in [-0.25, -0.2) is 0 Å². The molecule has 0 amide bonds. The number of pyridine rings is 1. The van der Waals surface area contributed by atoms with Crippen LogP contribution in [0.3, 0.4) is 0 Å². The summed E-state index contributed by atoms with van der Waals surface area (Å²) in [6.07, 6.45) is 1.82.